The molecule has 3 aromatic rings. The topological polar surface area (TPSA) is 95.6 Å². The Morgan fingerprint density at radius 3 is 2.59 bits per heavy atom. The van der Waals surface area contributed by atoms with E-state index in [1.807, 2.05) is 49.4 Å². The van der Waals surface area contributed by atoms with Gasteiger partial charge in [0.2, 0.25) is 5.95 Å². The molecular weight excluding hydrogens is 280 g/mol. The number of hydrogen-bond acceptors (Lipinski definition) is 6. The highest BCUT2D eigenvalue weighted by Crippen LogP contribution is 2.15. The van der Waals surface area contributed by atoms with Crippen molar-refractivity contribution in [2.24, 2.45) is 0 Å². The van der Waals surface area contributed by atoms with Gasteiger partial charge in [-0.05, 0) is 30.7 Å². The lowest BCUT2D eigenvalue weighted by Crippen LogP contribution is -2.20. The van der Waals surface area contributed by atoms with Gasteiger partial charge in [-0.2, -0.15) is 9.97 Å². The Hall–Kier alpha value is -3.22. The van der Waals surface area contributed by atoms with Crippen molar-refractivity contribution in [1.29, 1.82) is 0 Å². The number of benzene rings is 1. The second-order valence-electron chi connectivity index (χ2n) is 4.61. The molecule has 0 aliphatic carbocycles. The standard InChI is InChI=1S/C15H14N6O/c1-10-6-5-9-16-12(10)13-17-14(19-15(22)18-13)21-20-11-7-3-2-4-8-11/h2-9,20H,1H3,(H2,17,18,19,21,22). The summed E-state index contributed by atoms with van der Waals surface area (Å²) in [5.74, 6) is 0.545. The molecule has 0 aliphatic rings. The van der Waals surface area contributed by atoms with Gasteiger partial charge in [0, 0.05) is 6.20 Å². The smallest absolute Gasteiger partial charge is 0.298 e. The van der Waals surface area contributed by atoms with Gasteiger partial charge in [0.25, 0.3) is 0 Å². The van der Waals surface area contributed by atoms with Gasteiger partial charge in [-0.1, -0.05) is 24.3 Å². The Kier molecular flexibility index (Phi) is 3.78. The van der Waals surface area contributed by atoms with E-state index < -0.39 is 5.69 Å². The Bertz CT molecular complexity index is 831. The summed E-state index contributed by atoms with van der Waals surface area (Å²) in [5, 5.41) is 0. The van der Waals surface area contributed by atoms with Gasteiger partial charge in [0.1, 0.15) is 5.69 Å². The van der Waals surface area contributed by atoms with E-state index in [1.165, 1.54) is 0 Å². The molecular formula is C15H14N6O. The molecule has 0 saturated carbocycles. The van der Waals surface area contributed by atoms with E-state index in [1.54, 1.807) is 6.20 Å². The van der Waals surface area contributed by atoms with Crippen LogP contribution < -0.4 is 16.5 Å². The van der Waals surface area contributed by atoms with Gasteiger partial charge in [0.15, 0.2) is 5.82 Å². The molecule has 2 heterocycles. The average Bonchev–Trinajstić information content (AvgIpc) is 2.54. The van der Waals surface area contributed by atoms with Crippen LogP contribution in [-0.2, 0) is 0 Å². The van der Waals surface area contributed by atoms with Crippen LogP contribution in [0.15, 0.2) is 53.5 Å². The maximum absolute atomic E-state index is 11.7. The molecule has 7 heteroatoms. The molecule has 22 heavy (non-hydrogen) atoms. The van der Waals surface area contributed by atoms with E-state index in [4.69, 9.17) is 0 Å². The third-order valence-corrected chi connectivity index (χ3v) is 2.98. The van der Waals surface area contributed by atoms with Crippen LogP contribution in [-0.4, -0.2) is 19.9 Å². The number of aromatic amines is 1. The number of para-hydroxylation sites is 1. The molecule has 0 atom stereocenters. The zero-order valence-corrected chi connectivity index (χ0v) is 11.9. The third kappa shape index (κ3) is 3.09. The fraction of sp³-hybridized carbons (Fsp3) is 0.0667. The first-order valence-electron chi connectivity index (χ1n) is 6.70. The van der Waals surface area contributed by atoms with Gasteiger partial charge in [-0.25, -0.2) is 4.79 Å². The summed E-state index contributed by atoms with van der Waals surface area (Å²) in [6.45, 7) is 1.90. The van der Waals surface area contributed by atoms with Crippen LogP contribution in [0.25, 0.3) is 11.5 Å². The minimum Gasteiger partial charge on any atom is -0.298 e. The van der Waals surface area contributed by atoms with E-state index in [2.05, 4.69) is 30.8 Å². The van der Waals surface area contributed by atoms with Crippen molar-refractivity contribution < 1.29 is 0 Å². The Morgan fingerprint density at radius 1 is 1.00 bits per heavy atom. The predicted octanol–water partition coefficient (Wildman–Crippen LogP) is 1.97. The summed E-state index contributed by atoms with van der Waals surface area (Å²) >= 11 is 0. The van der Waals surface area contributed by atoms with Crippen LogP contribution in [0.5, 0.6) is 0 Å². The highest BCUT2D eigenvalue weighted by molar-refractivity contribution is 5.55. The molecule has 0 spiro atoms. The number of hydrazine groups is 1. The van der Waals surface area contributed by atoms with Gasteiger partial charge in [0.05, 0.1) is 5.69 Å². The van der Waals surface area contributed by atoms with Crippen LogP contribution in [0.2, 0.25) is 0 Å². The lowest BCUT2D eigenvalue weighted by Gasteiger charge is -2.09. The minimum absolute atomic E-state index is 0.174. The van der Waals surface area contributed by atoms with E-state index in [9.17, 15) is 4.79 Å². The Labute approximate surface area is 126 Å². The zero-order chi connectivity index (χ0) is 15.4. The molecule has 0 saturated heterocycles. The second-order valence-corrected chi connectivity index (χ2v) is 4.61. The maximum atomic E-state index is 11.7. The lowest BCUT2D eigenvalue weighted by molar-refractivity contribution is 0.982. The number of anilines is 2. The number of pyridine rings is 1. The molecule has 0 amide bonds. The Balaban J connectivity index is 1.87. The molecule has 2 aromatic heterocycles. The van der Waals surface area contributed by atoms with Gasteiger partial charge >= 0.3 is 5.69 Å². The van der Waals surface area contributed by atoms with Crippen molar-refractivity contribution in [2.75, 3.05) is 10.9 Å². The van der Waals surface area contributed by atoms with Crippen molar-refractivity contribution in [3.63, 3.8) is 0 Å². The number of aromatic nitrogens is 4. The van der Waals surface area contributed by atoms with Gasteiger partial charge < -0.3 is 0 Å². The van der Waals surface area contributed by atoms with Crippen molar-refractivity contribution >= 4 is 11.6 Å². The fourth-order valence-corrected chi connectivity index (χ4v) is 1.94. The zero-order valence-electron chi connectivity index (χ0n) is 11.9. The first-order chi connectivity index (χ1) is 10.7. The van der Waals surface area contributed by atoms with Crippen LogP contribution in [0.1, 0.15) is 5.56 Å². The molecule has 0 fully saturated rings. The van der Waals surface area contributed by atoms with Crippen LogP contribution in [0.3, 0.4) is 0 Å². The Morgan fingerprint density at radius 2 is 1.82 bits per heavy atom. The molecule has 0 bridgehead atoms. The van der Waals surface area contributed by atoms with E-state index >= 15 is 0 Å². The second kappa shape index (κ2) is 6.04. The average molecular weight is 294 g/mol. The largest absolute Gasteiger partial charge is 0.349 e. The quantitative estimate of drug-likeness (QED) is 0.637. The molecule has 110 valence electrons. The summed E-state index contributed by atoms with van der Waals surface area (Å²) in [6.07, 6.45) is 1.65. The van der Waals surface area contributed by atoms with E-state index in [-0.39, 0.29) is 5.95 Å². The molecule has 3 rings (SSSR count). The van der Waals surface area contributed by atoms with E-state index in [0.717, 1.165) is 11.3 Å². The molecule has 3 N–H and O–H groups in total. The van der Waals surface area contributed by atoms with Crippen molar-refractivity contribution in [3.05, 3.63) is 64.7 Å². The van der Waals surface area contributed by atoms with Crippen molar-refractivity contribution in [2.45, 2.75) is 6.92 Å². The summed E-state index contributed by atoms with van der Waals surface area (Å²) in [5.41, 5.74) is 7.62. The normalized spacial score (nSPS) is 10.2. The van der Waals surface area contributed by atoms with Crippen LogP contribution >= 0.6 is 0 Å². The molecule has 0 unspecified atom stereocenters. The predicted molar refractivity (Wildman–Crippen MR) is 84.3 cm³/mol. The van der Waals surface area contributed by atoms with Gasteiger partial charge in [-0.15, -0.1) is 0 Å². The summed E-state index contributed by atoms with van der Waals surface area (Å²) in [6, 6.07) is 13.2. The first kappa shape index (κ1) is 13.7. The fourth-order valence-electron chi connectivity index (χ4n) is 1.94. The molecule has 0 aliphatic heterocycles. The number of hydrogen-bond donors (Lipinski definition) is 3. The summed E-state index contributed by atoms with van der Waals surface area (Å²) < 4.78 is 0. The summed E-state index contributed by atoms with van der Waals surface area (Å²) in [4.78, 5) is 26.6. The lowest BCUT2D eigenvalue weighted by atomic mass is 10.2. The minimum atomic E-state index is -0.493. The van der Waals surface area contributed by atoms with Crippen molar-refractivity contribution in [3.8, 4) is 11.5 Å². The number of nitrogens with one attached hydrogen (secondary N) is 3. The molecule has 1 aromatic carbocycles. The number of nitrogens with zero attached hydrogens (tertiary/aromatic N) is 3. The SMILES string of the molecule is Cc1cccnc1-c1nc(NNc2ccccc2)nc(=O)[nH]1. The van der Waals surface area contributed by atoms with Crippen molar-refractivity contribution in [1.82, 2.24) is 19.9 Å². The molecule has 0 radical (unpaired) electrons. The number of rotatable bonds is 4. The van der Waals surface area contributed by atoms with Gasteiger partial charge in [-0.3, -0.25) is 20.8 Å². The number of aryl methyl sites for hydroxylation is 1. The highest BCUT2D eigenvalue weighted by atomic mass is 16.1. The monoisotopic (exact) mass is 294 g/mol. The van der Waals surface area contributed by atoms with Crippen LogP contribution in [0, 0.1) is 6.92 Å². The molecule has 7 nitrogen and oxygen atoms in total. The van der Waals surface area contributed by atoms with Crippen LogP contribution in [0.4, 0.5) is 11.6 Å². The van der Waals surface area contributed by atoms with E-state index in [0.29, 0.717) is 11.5 Å². The number of H-pyrrole nitrogens is 1. The summed E-state index contributed by atoms with van der Waals surface area (Å²) in [7, 11) is 0. The maximum Gasteiger partial charge on any atom is 0.349 e. The highest BCUT2D eigenvalue weighted by Gasteiger charge is 2.08. The third-order valence-electron chi connectivity index (χ3n) is 2.98. The first-order valence-corrected chi connectivity index (χ1v) is 6.70.